The molecule has 0 bridgehead atoms. The van der Waals surface area contributed by atoms with Crippen molar-refractivity contribution in [3.8, 4) is 0 Å². The molecule has 0 saturated heterocycles. The quantitative estimate of drug-likeness (QED) is 0.569. The van der Waals surface area contributed by atoms with Crippen molar-refractivity contribution >= 4 is 16.2 Å². The molecule has 0 spiro atoms. The molecule has 0 aliphatic rings. The number of esters is 1. The van der Waals surface area contributed by atoms with Crippen molar-refractivity contribution in [2.24, 2.45) is 0 Å². The fourth-order valence-corrected chi connectivity index (χ4v) is 1.71. The lowest BCUT2D eigenvalue weighted by molar-refractivity contribution is -0.142. The molecule has 1 unspecified atom stereocenters. The topological polar surface area (TPSA) is 84.5 Å². The van der Waals surface area contributed by atoms with E-state index in [1.807, 2.05) is 0 Å². The lowest BCUT2D eigenvalue weighted by Crippen LogP contribution is -2.45. The van der Waals surface area contributed by atoms with Crippen LogP contribution in [0.25, 0.3) is 0 Å². The molecule has 0 aromatic heterocycles. The average Bonchev–Trinajstić information content (AvgIpc) is 2.01. The number of ether oxygens (including phenoxy) is 1. The predicted molar refractivity (Wildman–Crippen MR) is 47.2 cm³/mol. The van der Waals surface area contributed by atoms with Crippen LogP contribution in [0.5, 0.6) is 0 Å². The van der Waals surface area contributed by atoms with Crippen LogP contribution in [0.4, 0.5) is 0 Å². The molecule has 2 N–H and O–H groups in total. The van der Waals surface area contributed by atoms with Crippen molar-refractivity contribution in [1.82, 2.24) is 9.44 Å². The standard InChI is InChI=1S/C6H14N2O4S/c1-4-7-13(10,11)8-5(2)6(9)12-3/h5,7-8H,4H2,1-3H3. The van der Waals surface area contributed by atoms with E-state index < -0.39 is 22.2 Å². The number of nitrogens with one attached hydrogen (secondary N) is 2. The molecule has 0 aliphatic carbocycles. The maximum Gasteiger partial charge on any atom is 0.323 e. The second-order valence-electron chi connectivity index (χ2n) is 2.36. The highest BCUT2D eigenvalue weighted by atomic mass is 32.2. The molecular formula is C6H14N2O4S. The Morgan fingerprint density at radius 3 is 2.46 bits per heavy atom. The van der Waals surface area contributed by atoms with Crippen LogP contribution in [0.3, 0.4) is 0 Å². The zero-order valence-electron chi connectivity index (χ0n) is 7.83. The first kappa shape index (κ1) is 12.3. The predicted octanol–water partition coefficient (Wildman–Crippen LogP) is -1.01. The number of carbonyl (C=O) groups is 1. The molecule has 78 valence electrons. The number of carbonyl (C=O) groups excluding carboxylic acids is 1. The summed E-state index contributed by atoms with van der Waals surface area (Å²) in [5.74, 6) is -0.624. The van der Waals surface area contributed by atoms with Gasteiger partial charge in [-0.05, 0) is 6.92 Å². The number of methoxy groups -OCH3 is 1. The van der Waals surface area contributed by atoms with Gasteiger partial charge in [-0.1, -0.05) is 6.92 Å². The van der Waals surface area contributed by atoms with Crippen molar-refractivity contribution in [3.63, 3.8) is 0 Å². The third-order valence-corrected chi connectivity index (χ3v) is 2.55. The van der Waals surface area contributed by atoms with Crippen LogP contribution in [0.2, 0.25) is 0 Å². The van der Waals surface area contributed by atoms with E-state index in [4.69, 9.17) is 0 Å². The van der Waals surface area contributed by atoms with Gasteiger partial charge in [-0.2, -0.15) is 13.1 Å². The Hall–Kier alpha value is -0.660. The monoisotopic (exact) mass is 210 g/mol. The summed E-state index contributed by atoms with van der Waals surface area (Å²) in [5.41, 5.74) is 0. The highest BCUT2D eigenvalue weighted by Gasteiger charge is 2.19. The first-order valence-corrected chi connectivity index (χ1v) is 5.26. The molecule has 0 aromatic carbocycles. The fraction of sp³-hybridized carbons (Fsp3) is 0.833. The molecule has 0 amide bonds. The summed E-state index contributed by atoms with van der Waals surface area (Å²) in [4.78, 5) is 10.8. The summed E-state index contributed by atoms with van der Waals surface area (Å²) >= 11 is 0. The zero-order chi connectivity index (χ0) is 10.5. The van der Waals surface area contributed by atoms with Crippen LogP contribution in [-0.2, 0) is 19.7 Å². The molecule has 13 heavy (non-hydrogen) atoms. The maximum absolute atomic E-state index is 11.0. The van der Waals surface area contributed by atoms with Gasteiger partial charge in [0.2, 0.25) is 0 Å². The Bertz CT molecular complexity index is 262. The summed E-state index contributed by atoms with van der Waals surface area (Å²) < 4.78 is 30.7. The Balaban J connectivity index is 4.20. The SMILES string of the molecule is CCNS(=O)(=O)NC(C)C(=O)OC. The molecule has 6 nitrogen and oxygen atoms in total. The third-order valence-electron chi connectivity index (χ3n) is 1.22. The lowest BCUT2D eigenvalue weighted by atomic mass is 10.4. The Morgan fingerprint density at radius 1 is 1.54 bits per heavy atom. The second kappa shape index (κ2) is 5.15. The average molecular weight is 210 g/mol. The Kier molecular flexibility index (Phi) is 4.89. The van der Waals surface area contributed by atoms with Gasteiger partial charge in [0, 0.05) is 6.54 Å². The van der Waals surface area contributed by atoms with Crippen LogP contribution in [0.15, 0.2) is 0 Å². The lowest BCUT2D eigenvalue weighted by Gasteiger charge is -2.11. The van der Waals surface area contributed by atoms with Crippen molar-refractivity contribution in [3.05, 3.63) is 0 Å². The van der Waals surface area contributed by atoms with E-state index in [9.17, 15) is 13.2 Å². The maximum atomic E-state index is 11.0. The number of rotatable bonds is 5. The minimum atomic E-state index is -3.59. The Morgan fingerprint density at radius 2 is 2.08 bits per heavy atom. The molecule has 0 aliphatic heterocycles. The highest BCUT2D eigenvalue weighted by Crippen LogP contribution is 1.88. The van der Waals surface area contributed by atoms with Crippen LogP contribution >= 0.6 is 0 Å². The van der Waals surface area contributed by atoms with E-state index in [1.54, 1.807) is 6.92 Å². The molecule has 0 saturated carbocycles. The highest BCUT2D eigenvalue weighted by molar-refractivity contribution is 7.87. The summed E-state index contributed by atoms with van der Waals surface area (Å²) in [6, 6.07) is -0.881. The van der Waals surface area contributed by atoms with Crippen molar-refractivity contribution in [1.29, 1.82) is 0 Å². The Labute approximate surface area is 77.8 Å². The summed E-state index contributed by atoms with van der Waals surface area (Å²) in [6.45, 7) is 3.31. The van der Waals surface area contributed by atoms with E-state index in [-0.39, 0.29) is 6.54 Å². The van der Waals surface area contributed by atoms with Gasteiger partial charge in [0.1, 0.15) is 6.04 Å². The largest absolute Gasteiger partial charge is 0.468 e. The molecule has 0 radical (unpaired) electrons. The van der Waals surface area contributed by atoms with Crippen LogP contribution in [0, 0.1) is 0 Å². The smallest absolute Gasteiger partial charge is 0.323 e. The van der Waals surface area contributed by atoms with Gasteiger partial charge in [-0.15, -0.1) is 0 Å². The van der Waals surface area contributed by atoms with Gasteiger partial charge >= 0.3 is 5.97 Å². The summed E-state index contributed by atoms with van der Waals surface area (Å²) in [6.07, 6.45) is 0. The van der Waals surface area contributed by atoms with Crippen LogP contribution in [0.1, 0.15) is 13.8 Å². The van der Waals surface area contributed by atoms with Crippen molar-refractivity contribution in [2.45, 2.75) is 19.9 Å². The van der Waals surface area contributed by atoms with E-state index in [1.165, 1.54) is 14.0 Å². The third kappa shape index (κ3) is 4.81. The normalized spacial score (nSPS) is 13.8. The van der Waals surface area contributed by atoms with E-state index in [0.717, 1.165) is 0 Å². The van der Waals surface area contributed by atoms with Gasteiger partial charge < -0.3 is 4.74 Å². The molecule has 0 rings (SSSR count). The van der Waals surface area contributed by atoms with E-state index in [2.05, 4.69) is 14.2 Å². The molecular weight excluding hydrogens is 196 g/mol. The van der Waals surface area contributed by atoms with Gasteiger partial charge in [-0.3, -0.25) is 4.79 Å². The zero-order valence-corrected chi connectivity index (χ0v) is 8.64. The van der Waals surface area contributed by atoms with Gasteiger partial charge in [0.05, 0.1) is 7.11 Å². The van der Waals surface area contributed by atoms with E-state index in [0.29, 0.717) is 0 Å². The first-order valence-electron chi connectivity index (χ1n) is 3.77. The molecule has 0 fully saturated rings. The summed E-state index contributed by atoms with van der Waals surface area (Å²) in [5, 5.41) is 0. The number of hydrogen-bond donors (Lipinski definition) is 2. The minimum absolute atomic E-state index is 0.267. The van der Waals surface area contributed by atoms with Gasteiger partial charge in [0.25, 0.3) is 10.2 Å². The molecule has 1 atom stereocenters. The summed E-state index contributed by atoms with van der Waals surface area (Å²) in [7, 11) is -2.39. The second-order valence-corrected chi connectivity index (χ2v) is 3.90. The van der Waals surface area contributed by atoms with Gasteiger partial charge in [-0.25, -0.2) is 4.72 Å². The molecule has 0 heterocycles. The van der Waals surface area contributed by atoms with Crippen molar-refractivity contribution < 1.29 is 17.9 Å². The van der Waals surface area contributed by atoms with Crippen LogP contribution in [-0.4, -0.2) is 34.1 Å². The van der Waals surface area contributed by atoms with E-state index >= 15 is 0 Å². The minimum Gasteiger partial charge on any atom is -0.468 e. The fourth-order valence-electron chi connectivity index (χ4n) is 0.689. The van der Waals surface area contributed by atoms with Crippen molar-refractivity contribution in [2.75, 3.05) is 13.7 Å². The van der Waals surface area contributed by atoms with Gasteiger partial charge in [0.15, 0.2) is 0 Å². The first-order chi connectivity index (χ1) is 5.93. The molecule has 7 heteroatoms. The van der Waals surface area contributed by atoms with Crippen LogP contribution < -0.4 is 9.44 Å². The number of hydrogen-bond acceptors (Lipinski definition) is 4. The molecule has 0 aromatic rings.